The number of hydrogen-bond donors (Lipinski definition) is 0. The molecule has 2 aliphatic carbocycles. The van der Waals surface area contributed by atoms with Crippen LogP contribution in [0, 0.1) is 12.2 Å². The van der Waals surface area contributed by atoms with Crippen LogP contribution < -0.4 is 0 Å². The van der Waals surface area contributed by atoms with Crippen molar-refractivity contribution in [2.75, 3.05) is 0 Å². The van der Waals surface area contributed by atoms with Gasteiger partial charge in [0, 0.05) is 0 Å². The van der Waals surface area contributed by atoms with Crippen molar-refractivity contribution in [1.29, 1.82) is 0 Å². The van der Waals surface area contributed by atoms with Crippen LogP contribution >= 0.6 is 16.4 Å². The molecule has 2 aliphatic rings. The van der Waals surface area contributed by atoms with Gasteiger partial charge in [-0.2, -0.15) is 12.2 Å². The van der Waals surface area contributed by atoms with E-state index in [1.807, 2.05) is 24.3 Å². The van der Waals surface area contributed by atoms with Crippen molar-refractivity contribution < 1.29 is 42.0 Å². The summed E-state index contributed by atoms with van der Waals surface area (Å²) >= 11 is 0. The van der Waals surface area contributed by atoms with Crippen LogP contribution in [-0.4, -0.2) is 10.3 Å². The Balaban J connectivity index is -0.000000288. The van der Waals surface area contributed by atoms with Gasteiger partial charge < -0.3 is 0 Å². The minimum atomic E-state index is -10.7. The van der Waals surface area contributed by atoms with Crippen LogP contribution in [0.3, 0.4) is 0 Å². The molecule has 0 amide bonds. The Morgan fingerprint density at radius 2 is 0.963 bits per heavy atom. The molecular weight excluding hydrogens is 451 g/mol. The average molecular weight is 480 g/mol. The summed E-state index contributed by atoms with van der Waals surface area (Å²) in [7, 11) is -9.61. The van der Waals surface area contributed by atoms with Gasteiger partial charge in [0.05, 0.1) is 0 Å². The molecule has 0 N–H and O–H groups in total. The maximum Gasteiger partial charge on any atom is 3.00 e. The minimum Gasteiger partial charge on any atom is -0.273 e. The molecule has 0 aromatic carbocycles. The van der Waals surface area contributed by atoms with Crippen molar-refractivity contribution >= 4 is 16.4 Å². The number of halogens is 6. The Morgan fingerprint density at radius 3 is 1.00 bits per heavy atom. The van der Waals surface area contributed by atoms with Gasteiger partial charge in [-0.25, -0.2) is 24.3 Å². The Kier molecular flexibility index (Phi) is 13.1. The van der Waals surface area contributed by atoms with Crippen molar-refractivity contribution in [3.8, 4) is 0 Å². The van der Waals surface area contributed by atoms with Crippen molar-refractivity contribution in [3.05, 3.63) is 48.6 Å². The first-order chi connectivity index (χ1) is 11.2. The van der Waals surface area contributed by atoms with E-state index in [2.05, 4.69) is 65.8 Å². The minimum absolute atomic E-state index is 0. The van der Waals surface area contributed by atoms with E-state index in [-0.39, 0.29) is 16.8 Å². The van der Waals surface area contributed by atoms with E-state index in [4.69, 9.17) is 0 Å². The number of hydrogen-bond acceptors (Lipinski definition) is 0. The molecule has 0 heterocycles. The van der Waals surface area contributed by atoms with Crippen LogP contribution in [0.4, 0.5) is 25.2 Å². The summed E-state index contributed by atoms with van der Waals surface area (Å²) in [4.78, 5) is 0. The second-order valence-electron chi connectivity index (χ2n) is 7.59. The van der Waals surface area contributed by atoms with E-state index >= 15 is 0 Å². The summed E-state index contributed by atoms with van der Waals surface area (Å²) in [6.07, 6.45) is 20.0. The maximum atomic E-state index is 9.87. The van der Waals surface area contributed by atoms with Crippen LogP contribution in [0.5, 0.6) is 0 Å². The topological polar surface area (TPSA) is 0 Å². The van der Waals surface area contributed by atoms with Crippen LogP contribution in [0.2, 0.25) is 0 Å². The van der Waals surface area contributed by atoms with E-state index in [0.29, 0.717) is 10.3 Å². The summed E-state index contributed by atoms with van der Waals surface area (Å²) in [5, 5.41) is 1.02. The average Bonchev–Trinajstić information content (AvgIpc) is 3.00. The molecule has 0 aliphatic heterocycles. The molecular formula is C18H29CoF6P2. The molecule has 0 fully saturated rings. The summed E-state index contributed by atoms with van der Waals surface area (Å²) in [6, 6.07) is 0. The molecule has 0 spiro atoms. The third kappa shape index (κ3) is 58.5. The fourth-order valence-corrected chi connectivity index (χ4v) is 4.06. The SMILES string of the molecule is CC(C)(C)PC(C)(C)C.F[P-](F)(F)(F)(F)F.[C-]1=CC=CC1.[C-]1=CC=CC1.[Co+3]. The van der Waals surface area contributed by atoms with Gasteiger partial charge in [0.1, 0.15) is 0 Å². The molecule has 9 heteroatoms. The van der Waals surface area contributed by atoms with Gasteiger partial charge in [-0.05, 0) is 10.3 Å². The van der Waals surface area contributed by atoms with Gasteiger partial charge in [0.25, 0.3) is 0 Å². The van der Waals surface area contributed by atoms with Gasteiger partial charge in [0.15, 0.2) is 0 Å². The molecule has 0 nitrogen and oxygen atoms in total. The summed E-state index contributed by atoms with van der Waals surface area (Å²) in [6.45, 7) is 13.8. The zero-order valence-electron chi connectivity index (χ0n) is 16.4. The zero-order valence-corrected chi connectivity index (χ0v) is 19.4. The largest absolute Gasteiger partial charge is 3.00 e. The third-order valence-corrected chi connectivity index (χ3v) is 3.42. The predicted octanol–water partition coefficient (Wildman–Crippen LogP) is 9.25. The fourth-order valence-electron chi connectivity index (χ4n) is 1.81. The summed E-state index contributed by atoms with van der Waals surface area (Å²) in [5.41, 5.74) is 0. The van der Waals surface area contributed by atoms with E-state index in [1.54, 1.807) is 0 Å². The predicted molar refractivity (Wildman–Crippen MR) is 105 cm³/mol. The second-order valence-corrected chi connectivity index (χ2v) is 12.8. The molecule has 2 rings (SSSR count). The molecule has 0 saturated carbocycles. The van der Waals surface area contributed by atoms with Gasteiger partial charge in [-0.15, -0.1) is 21.4 Å². The van der Waals surface area contributed by atoms with Crippen LogP contribution in [0.1, 0.15) is 54.4 Å². The van der Waals surface area contributed by atoms with Crippen LogP contribution in [0.15, 0.2) is 36.5 Å². The molecule has 0 aromatic rings. The molecule has 0 atom stereocenters. The molecule has 0 saturated heterocycles. The van der Waals surface area contributed by atoms with Crippen LogP contribution in [0.25, 0.3) is 0 Å². The second kappa shape index (κ2) is 11.2. The quantitative estimate of drug-likeness (QED) is 0.184. The maximum absolute atomic E-state index is 10.7. The first-order valence-corrected chi connectivity index (χ1v) is 11.0. The Labute approximate surface area is 171 Å². The zero-order chi connectivity index (χ0) is 21.2. The van der Waals surface area contributed by atoms with Crippen molar-refractivity contribution in [3.63, 3.8) is 0 Å². The van der Waals surface area contributed by atoms with E-state index in [0.717, 1.165) is 21.4 Å². The summed E-state index contributed by atoms with van der Waals surface area (Å²) in [5.74, 6) is 0. The van der Waals surface area contributed by atoms with Crippen molar-refractivity contribution in [2.45, 2.75) is 64.7 Å². The van der Waals surface area contributed by atoms with Crippen molar-refractivity contribution in [1.82, 2.24) is 0 Å². The molecule has 27 heavy (non-hydrogen) atoms. The van der Waals surface area contributed by atoms with Crippen molar-refractivity contribution in [2.24, 2.45) is 0 Å². The van der Waals surface area contributed by atoms with E-state index in [1.165, 1.54) is 0 Å². The van der Waals surface area contributed by atoms with Gasteiger partial charge in [0.2, 0.25) is 0 Å². The van der Waals surface area contributed by atoms with Gasteiger partial charge >= 0.3 is 49.8 Å². The van der Waals surface area contributed by atoms with Gasteiger partial charge in [-0.3, -0.25) is 12.2 Å². The monoisotopic (exact) mass is 480 g/mol. The Bertz CT molecular complexity index is 453. The standard InChI is InChI=1S/C8H19P.2C5H5.Co.F6P/c1-7(2,3)9-8(4,5)6;2*1-2-4-5-3-1;;1-7(2,3,4,5)6/h9H,1-6H3;2*1-3H,4H2;;/q;2*-1;+3;-1. The normalized spacial score (nSPS) is 17.2. The molecule has 0 radical (unpaired) electrons. The van der Waals surface area contributed by atoms with E-state index in [9.17, 15) is 25.2 Å². The molecule has 162 valence electrons. The molecule has 0 aromatic heterocycles. The summed E-state index contributed by atoms with van der Waals surface area (Å²) < 4.78 is 59.2. The van der Waals surface area contributed by atoms with Crippen LogP contribution in [-0.2, 0) is 16.8 Å². The first-order valence-electron chi connectivity index (χ1n) is 7.95. The fraction of sp³-hybridized carbons (Fsp3) is 0.556. The number of allylic oxidation sites excluding steroid dienone is 8. The smallest absolute Gasteiger partial charge is 0.273 e. The Hall–Kier alpha value is -0.0935. The molecule has 0 unspecified atom stereocenters. The molecule has 0 bridgehead atoms. The van der Waals surface area contributed by atoms with Gasteiger partial charge in [-0.1, -0.05) is 41.5 Å². The first kappa shape index (κ1) is 31.6. The number of rotatable bonds is 0. The third-order valence-electron chi connectivity index (χ3n) is 1.92. The Morgan fingerprint density at radius 1 is 0.704 bits per heavy atom. The van der Waals surface area contributed by atoms with E-state index < -0.39 is 7.81 Å².